The van der Waals surface area contributed by atoms with Crippen molar-refractivity contribution in [2.45, 2.75) is 17.8 Å². The Labute approximate surface area is 211 Å². The average molecular weight is 543 g/mol. The van der Waals surface area contributed by atoms with E-state index in [2.05, 4.69) is 20.4 Å². The van der Waals surface area contributed by atoms with Gasteiger partial charge in [0, 0.05) is 42.3 Å². The van der Waals surface area contributed by atoms with E-state index in [1.165, 1.54) is 50.0 Å². The first-order chi connectivity index (χ1) is 16.6. The minimum absolute atomic E-state index is 0. The number of hydrogen-bond acceptors (Lipinski definition) is 7. The fraction of sp³-hybridized carbons (Fsp3) is 0.174. The van der Waals surface area contributed by atoms with Gasteiger partial charge < -0.3 is 20.1 Å². The van der Waals surface area contributed by atoms with E-state index in [1.807, 2.05) is 0 Å². The van der Waals surface area contributed by atoms with Crippen molar-refractivity contribution in [1.29, 1.82) is 0 Å². The van der Waals surface area contributed by atoms with E-state index in [1.54, 1.807) is 25.2 Å². The van der Waals surface area contributed by atoms with Crippen molar-refractivity contribution in [1.82, 2.24) is 14.3 Å². The van der Waals surface area contributed by atoms with Gasteiger partial charge in [0.05, 0.1) is 18.3 Å². The molecule has 0 atom stereocenters. The Morgan fingerprint density at radius 3 is 2.53 bits per heavy atom. The van der Waals surface area contributed by atoms with Crippen LogP contribution in [0.3, 0.4) is 0 Å². The number of anilines is 2. The van der Waals surface area contributed by atoms with Crippen LogP contribution < -0.4 is 20.1 Å². The lowest BCUT2D eigenvalue weighted by Crippen LogP contribution is -2.18. The SMILES string of the molecule is CNCc1cn(S(=O)(=O)c2cccnc2)c2cc(Nc3ccc(OC)cc3OC(F)(F)F)ccc12.Cl. The number of methoxy groups -OCH3 is 1. The zero-order chi connectivity index (χ0) is 25.2. The summed E-state index contributed by atoms with van der Waals surface area (Å²) in [6.07, 6.45) is -0.685. The van der Waals surface area contributed by atoms with Gasteiger partial charge in [-0.15, -0.1) is 25.6 Å². The van der Waals surface area contributed by atoms with Gasteiger partial charge in [0.2, 0.25) is 0 Å². The number of nitrogens with one attached hydrogen (secondary N) is 2. The van der Waals surface area contributed by atoms with Crippen molar-refractivity contribution in [3.8, 4) is 11.5 Å². The first-order valence-corrected chi connectivity index (χ1v) is 11.7. The van der Waals surface area contributed by atoms with Gasteiger partial charge in [-0.05, 0) is 49.0 Å². The summed E-state index contributed by atoms with van der Waals surface area (Å²) in [6, 6.07) is 11.8. The molecule has 2 aromatic heterocycles. The number of hydrogen-bond donors (Lipinski definition) is 2. The summed E-state index contributed by atoms with van der Waals surface area (Å²) in [5, 5.41) is 6.55. The van der Waals surface area contributed by atoms with Crippen LogP contribution in [-0.2, 0) is 16.6 Å². The van der Waals surface area contributed by atoms with Crippen molar-refractivity contribution >= 4 is 44.7 Å². The number of aromatic nitrogens is 2. The van der Waals surface area contributed by atoms with Crippen molar-refractivity contribution in [3.05, 3.63) is 72.7 Å². The van der Waals surface area contributed by atoms with Gasteiger partial charge in [0.1, 0.15) is 10.6 Å². The molecule has 0 aliphatic carbocycles. The van der Waals surface area contributed by atoms with E-state index >= 15 is 0 Å². The monoisotopic (exact) mass is 542 g/mol. The summed E-state index contributed by atoms with van der Waals surface area (Å²) in [5.74, 6) is -0.315. The third-order valence-electron chi connectivity index (χ3n) is 5.11. The second-order valence-corrected chi connectivity index (χ2v) is 9.26. The number of nitrogens with zero attached hydrogens (tertiary/aromatic N) is 2. The molecule has 13 heteroatoms. The highest BCUT2D eigenvalue weighted by Crippen LogP contribution is 2.36. The number of benzene rings is 2. The van der Waals surface area contributed by atoms with Crippen LogP contribution in [0, 0.1) is 0 Å². The molecule has 2 heterocycles. The van der Waals surface area contributed by atoms with Crippen molar-refractivity contribution in [2.75, 3.05) is 19.5 Å². The molecular weight excluding hydrogens is 521 g/mol. The van der Waals surface area contributed by atoms with Gasteiger partial charge in [0.25, 0.3) is 10.0 Å². The molecule has 0 aliphatic heterocycles. The Hall–Kier alpha value is -3.48. The molecule has 0 unspecified atom stereocenters. The first-order valence-electron chi connectivity index (χ1n) is 10.3. The second-order valence-electron chi connectivity index (χ2n) is 7.44. The number of ether oxygens (including phenoxy) is 2. The zero-order valence-electron chi connectivity index (χ0n) is 19.0. The smallest absolute Gasteiger partial charge is 0.497 e. The quantitative estimate of drug-likeness (QED) is 0.321. The van der Waals surface area contributed by atoms with E-state index in [0.29, 0.717) is 23.1 Å². The highest BCUT2D eigenvalue weighted by molar-refractivity contribution is 7.90. The molecule has 0 radical (unpaired) electrons. The Morgan fingerprint density at radius 2 is 1.89 bits per heavy atom. The van der Waals surface area contributed by atoms with Gasteiger partial charge >= 0.3 is 6.36 Å². The third kappa shape index (κ3) is 5.66. The fourth-order valence-corrected chi connectivity index (χ4v) is 4.93. The molecule has 2 aromatic carbocycles. The van der Waals surface area contributed by atoms with E-state index < -0.39 is 22.1 Å². The lowest BCUT2D eigenvalue weighted by atomic mass is 10.1. The molecule has 36 heavy (non-hydrogen) atoms. The number of rotatable bonds is 8. The van der Waals surface area contributed by atoms with E-state index in [0.717, 1.165) is 15.6 Å². The number of pyridine rings is 1. The largest absolute Gasteiger partial charge is 0.573 e. The van der Waals surface area contributed by atoms with Crippen LogP contribution in [0.1, 0.15) is 5.56 Å². The van der Waals surface area contributed by atoms with Crippen LogP contribution in [0.2, 0.25) is 0 Å². The molecule has 0 fully saturated rings. The minimum Gasteiger partial charge on any atom is -0.497 e. The molecule has 0 saturated heterocycles. The molecule has 4 rings (SSSR count). The van der Waals surface area contributed by atoms with Gasteiger partial charge in [-0.3, -0.25) is 4.98 Å². The van der Waals surface area contributed by atoms with Gasteiger partial charge in [-0.25, -0.2) is 12.4 Å². The van der Waals surface area contributed by atoms with E-state index in [4.69, 9.17) is 4.74 Å². The number of halogens is 4. The highest BCUT2D eigenvalue weighted by Gasteiger charge is 2.32. The van der Waals surface area contributed by atoms with Crippen LogP contribution >= 0.6 is 12.4 Å². The average Bonchev–Trinajstić information content (AvgIpc) is 3.18. The van der Waals surface area contributed by atoms with Crippen molar-refractivity contribution in [2.24, 2.45) is 0 Å². The lowest BCUT2D eigenvalue weighted by molar-refractivity contribution is -0.274. The summed E-state index contributed by atoms with van der Waals surface area (Å²) < 4.78 is 75.8. The number of alkyl halides is 3. The number of fused-ring (bicyclic) bond motifs is 1. The van der Waals surface area contributed by atoms with E-state index in [9.17, 15) is 21.6 Å². The summed E-state index contributed by atoms with van der Waals surface area (Å²) >= 11 is 0. The normalized spacial score (nSPS) is 11.7. The molecule has 0 bridgehead atoms. The Balaban J connectivity index is 0.00000361. The Morgan fingerprint density at radius 1 is 1.11 bits per heavy atom. The van der Waals surface area contributed by atoms with E-state index in [-0.39, 0.29) is 28.7 Å². The fourth-order valence-electron chi connectivity index (χ4n) is 3.58. The van der Waals surface area contributed by atoms with Crippen LogP contribution in [-0.4, -0.2) is 37.9 Å². The molecule has 0 spiro atoms. The Kier molecular flexibility index (Phi) is 8.02. The highest BCUT2D eigenvalue weighted by atomic mass is 35.5. The minimum atomic E-state index is -4.92. The summed E-state index contributed by atoms with van der Waals surface area (Å²) in [7, 11) is -0.922. The summed E-state index contributed by atoms with van der Waals surface area (Å²) in [6.45, 7) is 0.404. The van der Waals surface area contributed by atoms with Crippen LogP contribution in [0.4, 0.5) is 24.5 Å². The maximum absolute atomic E-state index is 13.3. The lowest BCUT2D eigenvalue weighted by Gasteiger charge is -2.16. The van der Waals surface area contributed by atoms with Crippen molar-refractivity contribution in [3.63, 3.8) is 0 Å². The topological polar surface area (TPSA) is 94.5 Å². The van der Waals surface area contributed by atoms with Crippen LogP contribution in [0.5, 0.6) is 11.5 Å². The predicted octanol–water partition coefficient (Wildman–Crippen LogP) is 5.07. The zero-order valence-corrected chi connectivity index (χ0v) is 20.7. The maximum atomic E-state index is 13.3. The molecule has 0 aliphatic rings. The Bertz CT molecular complexity index is 1460. The van der Waals surface area contributed by atoms with Gasteiger partial charge in [-0.2, -0.15) is 0 Å². The summed E-state index contributed by atoms with van der Waals surface area (Å²) in [4.78, 5) is 3.89. The van der Waals surface area contributed by atoms with Crippen LogP contribution in [0.15, 0.2) is 72.0 Å². The van der Waals surface area contributed by atoms with Crippen molar-refractivity contribution < 1.29 is 31.1 Å². The predicted molar refractivity (Wildman–Crippen MR) is 132 cm³/mol. The molecule has 2 N–H and O–H groups in total. The van der Waals surface area contributed by atoms with Gasteiger partial charge in [-0.1, -0.05) is 6.07 Å². The molecular formula is C23H22ClF3N4O4S. The second kappa shape index (κ2) is 10.6. The molecule has 0 amide bonds. The first kappa shape index (κ1) is 27.1. The maximum Gasteiger partial charge on any atom is 0.573 e. The molecule has 4 aromatic rings. The third-order valence-corrected chi connectivity index (χ3v) is 6.76. The molecule has 192 valence electrons. The molecule has 8 nitrogen and oxygen atoms in total. The molecule has 0 saturated carbocycles. The summed E-state index contributed by atoms with van der Waals surface area (Å²) in [5.41, 5.74) is 1.44. The standard InChI is InChI=1S/C23H21F3N4O4S.ClH/c1-27-12-15-14-30(35(31,32)18-4-3-9-28-13-18)21-10-16(5-7-19(15)21)29-20-8-6-17(33-2)11-22(20)34-23(24,25)26;/h3-11,13-14,27,29H,12H2,1-2H3;1H. The van der Waals surface area contributed by atoms with Gasteiger partial charge in [0.15, 0.2) is 5.75 Å². The van der Waals surface area contributed by atoms with Crippen LogP contribution in [0.25, 0.3) is 10.9 Å².